The predicted octanol–water partition coefficient (Wildman–Crippen LogP) is 1.42. The molecule has 0 aromatic carbocycles. The first-order valence-corrected chi connectivity index (χ1v) is 2.19. The molecule has 0 bridgehead atoms. The fraction of sp³-hybridized carbons (Fsp3) is 0.333. The molecule has 0 fully saturated rings. The summed E-state index contributed by atoms with van der Waals surface area (Å²) in [5.74, 6) is 0. The van der Waals surface area contributed by atoms with E-state index >= 15 is 0 Å². The number of hydrogen-bond acceptors (Lipinski definition) is 1. The second-order valence-corrected chi connectivity index (χ2v) is 1.03. The van der Waals surface area contributed by atoms with Crippen LogP contribution in [0.3, 0.4) is 0 Å². The molecule has 0 aliphatic heterocycles. The molecule has 38 valence electrons. The summed E-state index contributed by atoms with van der Waals surface area (Å²) >= 11 is 0. The maximum atomic E-state index is 3.71. The molecule has 1 nitrogen and oxygen atoms in total. The molecule has 0 saturated carbocycles. The van der Waals surface area contributed by atoms with Crippen molar-refractivity contribution in [1.29, 1.82) is 0 Å². The Bertz CT molecular complexity index is 105. The van der Waals surface area contributed by atoms with E-state index in [2.05, 4.69) is 10.7 Å². The van der Waals surface area contributed by atoms with E-state index in [1.807, 2.05) is 13.0 Å². The van der Waals surface area contributed by atoms with Crippen LogP contribution in [0.5, 0.6) is 0 Å². The van der Waals surface area contributed by atoms with Gasteiger partial charge in [0.15, 0.2) is 0 Å². The highest BCUT2D eigenvalue weighted by Crippen LogP contribution is 1.59. The summed E-state index contributed by atoms with van der Waals surface area (Å²) in [5.41, 5.74) is 2.85. The Morgan fingerprint density at radius 3 is 2.71 bits per heavy atom. The molecule has 0 spiro atoms. The quantitative estimate of drug-likeness (QED) is 0.345. The van der Waals surface area contributed by atoms with E-state index in [9.17, 15) is 0 Å². The lowest BCUT2D eigenvalue weighted by molar-refractivity contribution is 1.48. The van der Waals surface area contributed by atoms with E-state index in [4.69, 9.17) is 0 Å². The number of hydrogen-bond donors (Lipinski definition) is 0. The normalized spacial score (nSPS) is 8.29. The third kappa shape index (κ3) is 5.19. The van der Waals surface area contributed by atoms with Gasteiger partial charge in [-0.1, -0.05) is 0 Å². The average Bonchev–Trinajstić information content (AvgIpc) is 1.69. The largest absolute Gasteiger partial charge is 0.296 e. The predicted molar refractivity (Wildman–Crippen MR) is 32.7 cm³/mol. The van der Waals surface area contributed by atoms with E-state index < -0.39 is 0 Å². The Balaban J connectivity index is 3.48. The summed E-state index contributed by atoms with van der Waals surface area (Å²) in [6.45, 7) is 1.92. The molecular formula is C6H9N. The second kappa shape index (κ2) is 5.19. The molecule has 0 aromatic rings. The third-order valence-corrected chi connectivity index (χ3v) is 0.486. The Labute approximate surface area is 44.1 Å². The van der Waals surface area contributed by atoms with Crippen molar-refractivity contribution in [2.45, 2.75) is 6.92 Å². The lowest BCUT2D eigenvalue weighted by atomic mass is 10.6. The monoisotopic (exact) mass is 95.1 g/mol. The summed E-state index contributed by atoms with van der Waals surface area (Å²) in [7, 11) is 1.73. The van der Waals surface area contributed by atoms with E-state index in [1.54, 1.807) is 19.3 Å². The van der Waals surface area contributed by atoms with Crippen LogP contribution >= 0.6 is 0 Å². The van der Waals surface area contributed by atoms with Crippen molar-refractivity contribution in [3.8, 4) is 0 Å². The van der Waals surface area contributed by atoms with Crippen molar-refractivity contribution >= 4 is 6.21 Å². The smallest absolute Gasteiger partial charge is 0.0285 e. The van der Waals surface area contributed by atoms with Crippen LogP contribution < -0.4 is 0 Å². The SMILES string of the molecule is CC=C=CC=NC. The summed E-state index contributed by atoms with van der Waals surface area (Å²) in [5, 5.41) is 0. The molecule has 0 heterocycles. The topological polar surface area (TPSA) is 12.4 Å². The molecular weight excluding hydrogens is 86.1 g/mol. The highest BCUT2D eigenvalue weighted by molar-refractivity contribution is 5.70. The molecule has 0 unspecified atom stereocenters. The van der Waals surface area contributed by atoms with Gasteiger partial charge in [0.1, 0.15) is 0 Å². The lowest BCUT2D eigenvalue weighted by Crippen LogP contribution is -1.55. The third-order valence-electron chi connectivity index (χ3n) is 0.486. The lowest BCUT2D eigenvalue weighted by Gasteiger charge is -1.61. The van der Waals surface area contributed by atoms with Gasteiger partial charge in [-0.2, -0.15) is 0 Å². The van der Waals surface area contributed by atoms with Gasteiger partial charge in [-0.3, -0.25) is 4.99 Å². The summed E-state index contributed by atoms with van der Waals surface area (Å²) in [6, 6.07) is 0. The van der Waals surface area contributed by atoms with Crippen molar-refractivity contribution in [3.05, 3.63) is 17.9 Å². The van der Waals surface area contributed by atoms with Crippen LogP contribution in [0.1, 0.15) is 6.92 Å². The fourth-order valence-corrected chi connectivity index (χ4v) is 0.214. The maximum Gasteiger partial charge on any atom is 0.0285 e. The standard InChI is InChI=1S/C6H9N/c1-3-4-5-6-7-2/h3,5-6H,1-2H3. The molecule has 0 aliphatic rings. The Kier molecular flexibility index (Phi) is 4.59. The van der Waals surface area contributed by atoms with Gasteiger partial charge in [-0.25, -0.2) is 0 Å². The van der Waals surface area contributed by atoms with Gasteiger partial charge >= 0.3 is 0 Å². The van der Waals surface area contributed by atoms with Crippen molar-refractivity contribution in [2.24, 2.45) is 4.99 Å². The minimum atomic E-state index is 1.69. The summed E-state index contributed by atoms with van der Waals surface area (Å²) in [4.78, 5) is 3.71. The van der Waals surface area contributed by atoms with Crippen LogP contribution in [0.25, 0.3) is 0 Å². The molecule has 0 aliphatic carbocycles. The van der Waals surface area contributed by atoms with E-state index in [1.165, 1.54) is 0 Å². The Hall–Kier alpha value is -0.810. The van der Waals surface area contributed by atoms with Crippen molar-refractivity contribution in [3.63, 3.8) is 0 Å². The molecule has 0 aromatic heterocycles. The molecule has 7 heavy (non-hydrogen) atoms. The Morgan fingerprint density at radius 2 is 2.29 bits per heavy atom. The average molecular weight is 95.1 g/mol. The summed E-state index contributed by atoms with van der Waals surface area (Å²) < 4.78 is 0. The van der Waals surface area contributed by atoms with Gasteiger partial charge in [0.2, 0.25) is 0 Å². The minimum Gasteiger partial charge on any atom is -0.296 e. The first kappa shape index (κ1) is 6.19. The van der Waals surface area contributed by atoms with Crippen molar-refractivity contribution in [2.75, 3.05) is 7.05 Å². The zero-order valence-electron chi connectivity index (χ0n) is 4.68. The van der Waals surface area contributed by atoms with Crippen LogP contribution in [0, 0.1) is 0 Å². The van der Waals surface area contributed by atoms with E-state index in [-0.39, 0.29) is 0 Å². The first-order chi connectivity index (χ1) is 3.41. The molecule has 0 saturated heterocycles. The number of nitrogens with zero attached hydrogens (tertiary/aromatic N) is 1. The minimum absolute atomic E-state index is 1.69. The molecule has 0 atom stereocenters. The van der Waals surface area contributed by atoms with Gasteiger partial charge in [0.05, 0.1) is 0 Å². The fourth-order valence-electron chi connectivity index (χ4n) is 0.214. The highest BCUT2D eigenvalue weighted by Gasteiger charge is 1.49. The first-order valence-electron chi connectivity index (χ1n) is 2.19. The number of aliphatic imine (C=N–C) groups is 1. The molecule has 0 rings (SSSR count). The molecule has 0 amide bonds. The Morgan fingerprint density at radius 1 is 1.57 bits per heavy atom. The molecule has 1 heteroatoms. The van der Waals surface area contributed by atoms with Crippen molar-refractivity contribution in [1.82, 2.24) is 0 Å². The van der Waals surface area contributed by atoms with Gasteiger partial charge in [-0.15, -0.1) is 5.73 Å². The van der Waals surface area contributed by atoms with Crippen LogP contribution in [0.4, 0.5) is 0 Å². The van der Waals surface area contributed by atoms with Gasteiger partial charge in [0, 0.05) is 13.3 Å². The van der Waals surface area contributed by atoms with Gasteiger partial charge in [0.25, 0.3) is 0 Å². The summed E-state index contributed by atoms with van der Waals surface area (Å²) in [6.07, 6.45) is 5.29. The van der Waals surface area contributed by atoms with Crippen LogP contribution in [0.2, 0.25) is 0 Å². The number of allylic oxidation sites excluding steroid dienone is 1. The van der Waals surface area contributed by atoms with Crippen molar-refractivity contribution < 1.29 is 0 Å². The molecule has 0 N–H and O–H groups in total. The molecule has 0 radical (unpaired) electrons. The number of rotatable bonds is 1. The van der Waals surface area contributed by atoms with E-state index in [0.717, 1.165) is 0 Å². The zero-order valence-corrected chi connectivity index (χ0v) is 4.68. The second-order valence-electron chi connectivity index (χ2n) is 1.03. The van der Waals surface area contributed by atoms with Gasteiger partial charge in [-0.05, 0) is 19.1 Å². The maximum absolute atomic E-state index is 3.71. The van der Waals surface area contributed by atoms with E-state index in [0.29, 0.717) is 0 Å². The van der Waals surface area contributed by atoms with Crippen LogP contribution in [0.15, 0.2) is 22.9 Å². The van der Waals surface area contributed by atoms with Crippen LogP contribution in [-0.4, -0.2) is 13.3 Å². The highest BCUT2D eigenvalue weighted by atomic mass is 14.6. The zero-order chi connectivity index (χ0) is 5.54. The van der Waals surface area contributed by atoms with Crippen LogP contribution in [-0.2, 0) is 0 Å². The van der Waals surface area contributed by atoms with Gasteiger partial charge < -0.3 is 0 Å².